The van der Waals surface area contributed by atoms with Gasteiger partial charge in [0.15, 0.2) is 0 Å². The Hall–Kier alpha value is -1.33. The molecular formula is C12H16N2. The van der Waals surface area contributed by atoms with Crippen molar-refractivity contribution in [2.24, 2.45) is 0 Å². The summed E-state index contributed by atoms with van der Waals surface area (Å²) >= 11 is 0. The largest absolute Gasteiger partial charge is 0.284 e. The summed E-state index contributed by atoms with van der Waals surface area (Å²) in [5.41, 5.74) is 1.26. The van der Waals surface area contributed by atoms with Crippen LogP contribution in [-0.4, -0.2) is 17.5 Å². The number of nitriles is 1. The summed E-state index contributed by atoms with van der Waals surface area (Å²) in [5, 5.41) is 8.67. The zero-order chi connectivity index (χ0) is 10.4. The molecule has 0 saturated heterocycles. The van der Waals surface area contributed by atoms with Crippen molar-refractivity contribution in [3.05, 3.63) is 35.9 Å². The van der Waals surface area contributed by atoms with Gasteiger partial charge in [0.1, 0.15) is 0 Å². The fraction of sp³-hybridized carbons (Fsp3) is 0.417. The average Bonchev–Trinajstić information content (AvgIpc) is 2.18. The molecule has 1 rings (SSSR count). The van der Waals surface area contributed by atoms with Gasteiger partial charge in [-0.1, -0.05) is 30.3 Å². The highest BCUT2D eigenvalue weighted by Gasteiger charge is 2.08. The number of rotatable bonds is 4. The SMILES string of the molecule is CC(C)N(CC#N)Cc1ccccc1. The topological polar surface area (TPSA) is 27.0 Å². The standard InChI is InChI=1S/C12H16N2/c1-11(2)14(9-8-13)10-12-6-4-3-5-7-12/h3-7,11H,9-10H2,1-2H3. The van der Waals surface area contributed by atoms with Gasteiger partial charge in [-0.05, 0) is 19.4 Å². The van der Waals surface area contributed by atoms with Crippen LogP contribution >= 0.6 is 0 Å². The van der Waals surface area contributed by atoms with Crippen molar-refractivity contribution in [2.45, 2.75) is 26.4 Å². The number of benzene rings is 1. The Balaban J connectivity index is 2.61. The van der Waals surface area contributed by atoms with Crippen molar-refractivity contribution >= 4 is 0 Å². The van der Waals surface area contributed by atoms with E-state index in [0.717, 1.165) is 6.54 Å². The maximum atomic E-state index is 8.67. The molecule has 1 aromatic rings. The smallest absolute Gasteiger partial charge is 0.0871 e. The molecule has 0 radical (unpaired) electrons. The molecule has 0 amide bonds. The van der Waals surface area contributed by atoms with Crippen molar-refractivity contribution in [3.63, 3.8) is 0 Å². The molecule has 0 bridgehead atoms. The molecule has 0 saturated carbocycles. The fourth-order valence-corrected chi connectivity index (χ4v) is 1.33. The third kappa shape index (κ3) is 3.20. The summed E-state index contributed by atoms with van der Waals surface area (Å²) in [5.74, 6) is 0. The summed E-state index contributed by atoms with van der Waals surface area (Å²) < 4.78 is 0. The Morgan fingerprint density at radius 1 is 1.29 bits per heavy atom. The molecule has 0 aliphatic carbocycles. The summed E-state index contributed by atoms with van der Waals surface area (Å²) in [6, 6.07) is 12.9. The molecular weight excluding hydrogens is 172 g/mol. The first-order chi connectivity index (χ1) is 6.74. The highest BCUT2D eigenvalue weighted by atomic mass is 15.1. The third-order valence-corrected chi connectivity index (χ3v) is 2.23. The molecule has 0 spiro atoms. The van der Waals surface area contributed by atoms with Gasteiger partial charge in [0.25, 0.3) is 0 Å². The van der Waals surface area contributed by atoms with E-state index in [2.05, 4.69) is 36.9 Å². The minimum Gasteiger partial charge on any atom is -0.284 e. The van der Waals surface area contributed by atoms with Gasteiger partial charge in [-0.15, -0.1) is 0 Å². The van der Waals surface area contributed by atoms with Crippen LogP contribution in [0.2, 0.25) is 0 Å². The molecule has 1 aromatic carbocycles. The summed E-state index contributed by atoms with van der Waals surface area (Å²) in [4.78, 5) is 2.15. The first kappa shape index (κ1) is 10.7. The zero-order valence-electron chi connectivity index (χ0n) is 8.77. The Kier molecular flexibility index (Phi) is 4.15. The van der Waals surface area contributed by atoms with Crippen LogP contribution in [0, 0.1) is 11.3 Å². The minimum absolute atomic E-state index is 0.412. The second kappa shape index (κ2) is 5.41. The van der Waals surface area contributed by atoms with E-state index in [1.54, 1.807) is 0 Å². The molecule has 2 heteroatoms. The van der Waals surface area contributed by atoms with Gasteiger partial charge < -0.3 is 0 Å². The van der Waals surface area contributed by atoms with Crippen LogP contribution in [0.1, 0.15) is 19.4 Å². The first-order valence-corrected chi connectivity index (χ1v) is 4.89. The van der Waals surface area contributed by atoms with E-state index in [0.29, 0.717) is 12.6 Å². The number of hydrogen-bond donors (Lipinski definition) is 0. The minimum atomic E-state index is 0.412. The van der Waals surface area contributed by atoms with E-state index >= 15 is 0 Å². The van der Waals surface area contributed by atoms with Gasteiger partial charge >= 0.3 is 0 Å². The average molecular weight is 188 g/mol. The maximum absolute atomic E-state index is 8.67. The van der Waals surface area contributed by atoms with Crippen LogP contribution in [0.4, 0.5) is 0 Å². The first-order valence-electron chi connectivity index (χ1n) is 4.89. The molecule has 0 unspecified atom stereocenters. The summed E-state index contributed by atoms with van der Waals surface area (Å²) in [7, 11) is 0. The zero-order valence-corrected chi connectivity index (χ0v) is 8.77. The lowest BCUT2D eigenvalue weighted by atomic mass is 10.2. The van der Waals surface area contributed by atoms with E-state index in [4.69, 9.17) is 5.26 Å². The lowest BCUT2D eigenvalue weighted by Gasteiger charge is -2.23. The lowest BCUT2D eigenvalue weighted by Crippen LogP contribution is -2.30. The van der Waals surface area contributed by atoms with E-state index in [-0.39, 0.29) is 0 Å². The Bertz CT molecular complexity index is 298. The Morgan fingerprint density at radius 3 is 2.43 bits per heavy atom. The summed E-state index contributed by atoms with van der Waals surface area (Å²) in [6.45, 7) is 5.57. The molecule has 0 heterocycles. The number of hydrogen-bond acceptors (Lipinski definition) is 2. The van der Waals surface area contributed by atoms with Crippen LogP contribution in [0.3, 0.4) is 0 Å². The third-order valence-electron chi connectivity index (χ3n) is 2.23. The molecule has 74 valence electrons. The second-order valence-corrected chi connectivity index (χ2v) is 3.64. The van der Waals surface area contributed by atoms with Crippen LogP contribution in [0.15, 0.2) is 30.3 Å². The fourth-order valence-electron chi connectivity index (χ4n) is 1.33. The van der Waals surface area contributed by atoms with Gasteiger partial charge in [0.05, 0.1) is 12.6 Å². The van der Waals surface area contributed by atoms with Gasteiger partial charge in [-0.3, -0.25) is 4.90 Å². The molecule has 0 aromatic heterocycles. The normalized spacial score (nSPS) is 10.5. The Morgan fingerprint density at radius 2 is 1.93 bits per heavy atom. The van der Waals surface area contributed by atoms with E-state index in [1.807, 2.05) is 18.2 Å². The molecule has 2 nitrogen and oxygen atoms in total. The highest BCUT2D eigenvalue weighted by molar-refractivity contribution is 5.14. The van der Waals surface area contributed by atoms with Crippen LogP contribution < -0.4 is 0 Å². The van der Waals surface area contributed by atoms with Gasteiger partial charge in [0.2, 0.25) is 0 Å². The monoisotopic (exact) mass is 188 g/mol. The lowest BCUT2D eigenvalue weighted by molar-refractivity contribution is 0.240. The second-order valence-electron chi connectivity index (χ2n) is 3.64. The van der Waals surface area contributed by atoms with Crippen molar-refractivity contribution in [3.8, 4) is 6.07 Å². The molecule has 0 aliphatic heterocycles. The van der Waals surface area contributed by atoms with Crippen molar-refractivity contribution in [1.82, 2.24) is 4.90 Å². The Labute approximate surface area is 85.8 Å². The predicted molar refractivity (Wildman–Crippen MR) is 57.6 cm³/mol. The van der Waals surface area contributed by atoms with Gasteiger partial charge in [-0.2, -0.15) is 5.26 Å². The predicted octanol–water partition coefficient (Wildman–Crippen LogP) is 2.42. The molecule has 0 aliphatic rings. The van der Waals surface area contributed by atoms with Crippen molar-refractivity contribution in [1.29, 1.82) is 5.26 Å². The van der Waals surface area contributed by atoms with Gasteiger partial charge in [0, 0.05) is 12.6 Å². The quantitative estimate of drug-likeness (QED) is 0.678. The van der Waals surface area contributed by atoms with E-state index < -0.39 is 0 Å². The van der Waals surface area contributed by atoms with Crippen molar-refractivity contribution < 1.29 is 0 Å². The maximum Gasteiger partial charge on any atom is 0.0871 e. The van der Waals surface area contributed by atoms with Crippen molar-refractivity contribution in [2.75, 3.05) is 6.54 Å². The molecule has 14 heavy (non-hydrogen) atoms. The number of nitrogens with zero attached hydrogens (tertiary/aromatic N) is 2. The highest BCUT2D eigenvalue weighted by Crippen LogP contribution is 2.06. The van der Waals surface area contributed by atoms with Crippen LogP contribution in [-0.2, 0) is 6.54 Å². The van der Waals surface area contributed by atoms with Crippen LogP contribution in [0.25, 0.3) is 0 Å². The summed E-state index contributed by atoms with van der Waals surface area (Å²) in [6.07, 6.45) is 0. The van der Waals surface area contributed by atoms with E-state index in [1.165, 1.54) is 5.56 Å². The van der Waals surface area contributed by atoms with Gasteiger partial charge in [-0.25, -0.2) is 0 Å². The molecule has 0 N–H and O–H groups in total. The molecule has 0 atom stereocenters. The van der Waals surface area contributed by atoms with Crippen LogP contribution in [0.5, 0.6) is 0 Å². The van der Waals surface area contributed by atoms with E-state index in [9.17, 15) is 0 Å². The molecule has 0 fully saturated rings.